The number of anilines is 1. The standard InChI is InChI=1S/C23H28N4O3/c1-23(2,24-15-20(29)18-6-8-19(28)9-7-18)14-17-5-3-4-16(12-17)13-22(30)26-21-10-11-25-27-21/h3-12,20,24,28-29H,13-15H2,1-2H3,(H2,25,26,27,30). The molecule has 1 heterocycles. The molecule has 0 fully saturated rings. The first-order chi connectivity index (χ1) is 14.3. The molecule has 158 valence electrons. The number of hydrogen-bond acceptors (Lipinski definition) is 5. The summed E-state index contributed by atoms with van der Waals surface area (Å²) in [6, 6.07) is 16.2. The molecule has 1 aromatic heterocycles. The van der Waals surface area contributed by atoms with Gasteiger partial charge in [-0.2, -0.15) is 5.10 Å². The number of aromatic nitrogens is 2. The molecule has 0 saturated heterocycles. The molecule has 0 aliphatic carbocycles. The molecule has 7 nitrogen and oxygen atoms in total. The van der Waals surface area contributed by atoms with Gasteiger partial charge < -0.3 is 20.8 Å². The van der Waals surface area contributed by atoms with Crippen molar-refractivity contribution in [1.82, 2.24) is 15.5 Å². The first-order valence-corrected chi connectivity index (χ1v) is 9.90. The number of carbonyl (C=O) groups excluding carboxylic acids is 1. The molecule has 30 heavy (non-hydrogen) atoms. The van der Waals surface area contributed by atoms with E-state index < -0.39 is 6.10 Å². The van der Waals surface area contributed by atoms with Crippen LogP contribution in [-0.4, -0.2) is 38.4 Å². The van der Waals surface area contributed by atoms with E-state index in [0.717, 1.165) is 23.1 Å². The van der Waals surface area contributed by atoms with Gasteiger partial charge in [0, 0.05) is 18.2 Å². The first-order valence-electron chi connectivity index (χ1n) is 9.90. The molecule has 0 spiro atoms. The number of H-pyrrole nitrogens is 1. The number of amides is 1. The molecule has 0 aliphatic heterocycles. The Morgan fingerprint density at radius 1 is 1.13 bits per heavy atom. The Hall–Kier alpha value is -3.16. The second-order valence-corrected chi connectivity index (χ2v) is 8.06. The van der Waals surface area contributed by atoms with Gasteiger partial charge in [0.2, 0.25) is 5.91 Å². The lowest BCUT2D eigenvalue weighted by molar-refractivity contribution is -0.115. The number of rotatable bonds is 9. The number of benzene rings is 2. The third-order valence-electron chi connectivity index (χ3n) is 4.83. The van der Waals surface area contributed by atoms with E-state index in [1.165, 1.54) is 0 Å². The molecule has 0 bridgehead atoms. The molecule has 3 rings (SSSR count). The van der Waals surface area contributed by atoms with Crippen LogP contribution >= 0.6 is 0 Å². The Morgan fingerprint density at radius 2 is 1.87 bits per heavy atom. The van der Waals surface area contributed by atoms with Gasteiger partial charge >= 0.3 is 0 Å². The quantitative estimate of drug-likeness (QED) is 0.374. The van der Waals surface area contributed by atoms with Crippen molar-refractivity contribution in [3.63, 3.8) is 0 Å². The van der Waals surface area contributed by atoms with Gasteiger partial charge in [0.25, 0.3) is 0 Å². The van der Waals surface area contributed by atoms with Crippen LogP contribution in [0.4, 0.5) is 5.82 Å². The lowest BCUT2D eigenvalue weighted by atomic mass is 9.93. The molecule has 3 aromatic rings. The SMILES string of the molecule is CC(C)(Cc1cccc(CC(=O)Nc2ccn[nH]2)c1)NCC(O)c1ccc(O)cc1. The van der Waals surface area contributed by atoms with E-state index >= 15 is 0 Å². The van der Waals surface area contributed by atoms with Crippen LogP contribution in [0.25, 0.3) is 0 Å². The molecule has 2 aromatic carbocycles. The first kappa shape index (κ1) is 21.5. The van der Waals surface area contributed by atoms with Crippen molar-refractivity contribution in [2.24, 2.45) is 0 Å². The summed E-state index contributed by atoms with van der Waals surface area (Å²) in [7, 11) is 0. The van der Waals surface area contributed by atoms with Crippen molar-refractivity contribution in [3.8, 4) is 5.75 Å². The van der Waals surface area contributed by atoms with Gasteiger partial charge in [-0.25, -0.2) is 0 Å². The van der Waals surface area contributed by atoms with Gasteiger partial charge in [-0.05, 0) is 49.1 Å². The highest BCUT2D eigenvalue weighted by Crippen LogP contribution is 2.19. The monoisotopic (exact) mass is 408 g/mol. The molecule has 1 unspecified atom stereocenters. The van der Waals surface area contributed by atoms with Crippen molar-refractivity contribution in [2.45, 2.75) is 38.3 Å². The van der Waals surface area contributed by atoms with E-state index in [-0.39, 0.29) is 23.6 Å². The maximum absolute atomic E-state index is 12.2. The number of aliphatic hydroxyl groups excluding tert-OH is 1. The molecule has 1 atom stereocenters. The summed E-state index contributed by atoms with van der Waals surface area (Å²) in [5.74, 6) is 0.650. The van der Waals surface area contributed by atoms with Gasteiger partial charge in [-0.3, -0.25) is 9.89 Å². The summed E-state index contributed by atoms with van der Waals surface area (Å²) in [6.07, 6.45) is 1.94. The lowest BCUT2D eigenvalue weighted by Gasteiger charge is -2.28. The van der Waals surface area contributed by atoms with Crippen molar-refractivity contribution in [3.05, 3.63) is 77.5 Å². The molecular formula is C23H28N4O3. The summed E-state index contributed by atoms with van der Waals surface area (Å²) in [5, 5.41) is 32.5. The minimum Gasteiger partial charge on any atom is -0.508 e. The Morgan fingerprint density at radius 3 is 2.57 bits per heavy atom. The molecule has 0 radical (unpaired) electrons. The molecule has 5 N–H and O–H groups in total. The van der Waals surface area contributed by atoms with E-state index in [0.29, 0.717) is 12.4 Å². The predicted molar refractivity (Wildman–Crippen MR) is 116 cm³/mol. The van der Waals surface area contributed by atoms with Crippen LogP contribution in [-0.2, 0) is 17.6 Å². The lowest BCUT2D eigenvalue weighted by Crippen LogP contribution is -2.43. The zero-order chi connectivity index (χ0) is 21.6. The van der Waals surface area contributed by atoms with Crippen molar-refractivity contribution < 1.29 is 15.0 Å². The summed E-state index contributed by atoms with van der Waals surface area (Å²) in [5.41, 5.74) is 2.54. The second-order valence-electron chi connectivity index (χ2n) is 8.06. The number of aromatic hydroxyl groups is 1. The fourth-order valence-corrected chi connectivity index (χ4v) is 3.31. The highest BCUT2D eigenvalue weighted by atomic mass is 16.3. The maximum atomic E-state index is 12.2. The minimum absolute atomic E-state index is 0.106. The third-order valence-corrected chi connectivity index (χ3v) is 4.83. The predicted octanol–water partition coefficient (Wildman–Crippen LogP) is 2.94. The number of nitrogens with zero attached hydrogens (tertiary/aromatic N) is 1. The molecule has 0 aliphatic rings. The number of β-amino-alcohol motifs (C(OH)–C–C–N with tert-alkyl or cyclic N) is 1. The number of aromatic amines is 1. The Kier molecular flexibility index (Phi) is 6.87. The molecule has 7 heteroatoms. The maximum Gasteiger partial charge on any atom is 0.229 e. The van der Waals surface area contributed by atoms with Crippen LogP contribution < -0.4 is 10.6 Å². The van der Waals surface area contributed by atoms with Crippen LogP contribution in [0.5, 0.6) is 5.75 Å². The van der Waals surface area contributed by atoms with Crippen LogP contribution in [0.15, 0.2) is 60.8 Å². The number of hydrogen-bond donors (Lipinski definition) is 5. The number of carbonyl (C=O) groups is 1. The second kappa shape index (κ2) is 9.56. The smallest absolute Gasteiger partial charge is 0.229 e. The Bertz CT molecular complexity index is 953. The average molecular weight is 409 g/mol. The Labute approximate surface area is 176 Å². The van der Waals surface area contributed by atoms with Crippen LogP contribution in [0, 0.1) is 0 Å². The number of phenols is 1. The fraction of sp³-hybridized carbons (Fsp3) is 0.304. The summed E-state index contributed by atoms with van der Waals surface area (Å²) >= 11 is 0. The van der Waals surface area contributed by atoms with Gasteiger partial charge in [-0.1, -0.05) is 36.4 Å². The topological polar surface area (TPSA) is 110 Å². The van der Waals surface area contributed by atoms with Gasteiger partial charge in [0.1, 0.15) is 11.6 Å². The van der Waals surface area contributed by atoms with E-state index in [1.807, 2.05) is 24.3 Å². The zero-order valence-electron chi connectivity index (χ0n) is 17.2. The van der Waals surface area contributed by atoms with Gasteiger partial charge in [0.05, 0.1) is 18.7 Å². The van der Waals surface area contributed by atoms with E-state index in [1.54, 1.807) is 36.5 Å². The normalized spacial score (nSPS) is 12.5. The van der Waals surface area contributed by atoms with Gasteiger partial charge in [-0.15, -0.1) is 0 Å². The largest absolute Gasteiger partial charge is 0.508 e. The number of aliphatic hydroxyl groups is 1. The van der Waals surface area contributed by atoms with E-state index in [9.17, 15) is 15.0 Å². The fourth-order valence-electron chi connectivity index (χ4n) is 3.31. The highest BCUT2D eigenvalue weighted by molar-refractivity contribution is 5.91. The third kappa shape index (κ3) is 6.43. The summed E-state index contributed by atoms with van der Waals surface area (Å²) in [4.78, 5) is 12.2. The molecule has 1 amide bonds. The summed E-state index contributed by atoms with van der Waals surface area (Å²) < 4.78 is 0. The van der Waals surface area contributed by atoms with Crippen LogP contribution in [0.2, 0.25) is 0 Å². The minimum atomic E-state index is -0.664. The number of phenolic OH excluding ortho intramolecular Hbond substituents is 1. The average Bonchev–Trinajstić information content (AvgIpc) is 3.19. The van der Waals surface area contributed by atoms with Crippen LogP contribution in [0.1, 0.15) is 36.6 Å². The van der Waals surface area contributed by atoms with E-state index in [2.05, 4.69) is 34.7 Å². The van der Waals surface area contributed by atoms with Crippen molar-refractivity contribution in [1.29, 1.82) is 0 Å². The van der Waals surface area contributed by atoms with Crippen molar-refractivity contribution in [2.75, 3.05) is 11.9 Å². The molecule has 0 saturated carbocycles. The zero-order valence-corrected chi connectivity index (χ0v) is 17.2. The Balaban J connectivity index is 1.54. The van der Waals surface area contributed by atoms with E-state index in [4.69, 9.17) is 0 Å². The highest BCUT2D eigenvalue weighted by Gasteiger charge is 2.20. The summed E-state index contributed by atoms with van der Waals surface area (Å²) in [6.45, 7) is 4.55. The van der Waals surface area contributed by atoms with Crippen molar-refractivity contribution >= 4 is 11.7 Å². The van der Waals surface area contributed by atoms with Gasteiger partial charge in [0.15, 0.2) is 0 Å². The number of nitrogens with one attached hydrogen (secondary N) is 3. The van der Waals surface area contributed by atoms with Crippen LogP contribution in [0.3, 0.4) is 0 Å². The molecular weight excluding hydrogens is 380 g/mol.